The third-order valence-corrected chi connectivity index (χ3v) is 6.99. The fraction of sp³-hybridized carbons (Fsp3) is 0.310. The Hall–Kier alpha value is -4.64. The largest absolute Gasteiger partial charge is 0.508 e. The molecule has 0 amide bonds. The Labute approximate surface area is 232 Å². The van der Waals surface area contributed by atoms with Gasteiger partial charge in [-0.05, 0) is 55.1 Å². The maximum Gasteiger partial charge on any atom is 0.320 e. The number of rotatable bonds is 8. The number of phenolic OH excluding ortho intramolecular Hbond substituents is 1. The monoisotopic (exact) mass is 544 g/mol. The molecule has 0 bridgehead atoms. The lowest BCUT2D eigenvalue weighted by atomic mass is 10.1. The summed E-state index contributed by atoms with van der Waals surface area (Å²) in [5.41, 5.74) is 4.35. The zero-order valence-corrected chi connectivity index (χ0v) is 22.5. The van der Waals surface area contributed by atoms with Crippen LogP contribution in [0.4, 0.5) is 23.1 Å². The van der Waals surface area contributed by atoms with E-state index in [1.807, 2.05) is 30.3 Å². The van der Waals surface area contributed by atoms with Crippen LogP contribution in [-0.4, -0.2) is 73.8 Å². The van der Waals surface area contributed by atoms with E-state index in [2.05, 4.69) is 49.8 Å². The van der Waals surface area contributed by atoms with Crippen LogP contribution in [0, 0.1) is 0 Å². The highest BCUT2D eigenvalue weighted by molar-refractivity contribution is 5.77. The number of aromatic hydroxyl groups is 1. The van der Waals surface area contributed by atoms with Gasteiger partial charge in [0.15, 0.2) is 11.5 Å². The number of aromatic nitrogens is 2. The molecule has 0 spiro atoms. The molecule has 0 unspecified atom stereocenters. The minimum Gasteiger partial charge on any atom is -0.508 e. The molecule has 0 atom stereocenters. The highest BCUT2D eigenvalue weighted by atomic mass is 16.6. The van der Waals surface area contributed by atoms with Crippen molar-refractivity contribution in [2.45, 2.75) is 6.54 Å². The van der Waals surface area contributed by atoms with Crippen molar-refractivity contribution in [3.63, 3.8) is 0 Å². The number of likely N-dealkylation sites (N-methyl/N-ethyl adjacent to an activating group) is 1. The standard InChI is InChI=1S/C29H32N6O5/c1-34-7-9-35(10-8-34)21-4-5-24(25(16-21)30-18-19-13-22(36)17-23(14-19)37-2)28-32-33-29(40-28)31-20-3-6-26-27(15-20)39-12-11-38-26/h3-6,13-17,30,36H,7-12,18H2,1-2H3,(H,31,33). The SMILES string of the molecule is COc1cc(O)cc(CNc2cc(N3CCN(C)CC3)ccc2-c2nnc(Nc3ccc4c(c3)OCCO4)o2)c1. The molecule has 1 fully saturated rings. The van der Waals surface area contributed by atoms with Crippen molar-refractivity contribution in [2.75, 3.05) is 69.1 Å². The number of phenols is 1. The summed E-state index contributed by atoms with van der Waals surface area (Å²) < 4.78 is 22.6. The summed E-state index contributed by atoms with van der Waals surface area (Å²) in [4.78, 5) is 4.70. The molecular weight excluding hydrogens is 512 g/mol. The van der Waals surface area contributed by atoms with Gasteiger partial charge in [0, 0.05) is 61.9 Å². The van der Waals surface area contributed by atoms with E-state index in [0.717, 1.165) is 54.4 Å². The summed E-state index contributed by atoms with van der Waals surface area (Å²) >= 11 is 0. The van der Waals surface area contributed by atoms with Gasteiger partial charge in [-0.1, -0.05) is 5.10 Å². The molecule has 11 heteroatoms. The summed E-state index contributed by atoms with van der Waals surface area (Å²) in [6, 6.07) is 17.2. The molecular formula is C29H32N6O5. The van der Waals surface area contributed by atoms with Gasteiger partial charge in [0.05, 0.1) is 12.7 Å². The van der Waals surface area contributed by atoms with Crippen molar-refractivity contribution in [3.8, 4) is 34.5 Å². The van der Waals surface area contributed by atoms with Crippen LogP contribution in [0.25, 0.3) is 11.5 Å². The average Bonchev–Trinajstić information content (AvgIpc) is 3.44. The van der Waals surface area contributed by atoms with Crippen molar-refractivity contribution in [1.82, 2.24) is 15.1 Å². The number of nitrogens with zero attached hydrogens (tertiary/aromatic N) is 4. The zero-order valence-electron chi connectivity index (χ0n) is 22.5. The first-order valence-corrected chi connectivity index (χ1v) is 13.2. The Morgan fingerprint density at radius 2 is 1.75 bits per heavy atom. The molecule has 6 rings (SSSR count). The molecule has 1 saturated heterocycles. The first-order chi connectivity index (χ1) is 19.5. The summed E-state index contributed by atoms with van der Waals surface area (Å²) in [6.45, 7) is 5.41. The molecule has 2 aliphatic heterocycles. The smallest absolute Gasteiger partial charge is 0.320 e. The van der Waals surface area contributed by atoms with Gasteiger partial charge in [0.2, 0.25) is 0 Å². The fourth-order valence-corrected chi connectivity index (χ4v) is 4.81. The van der Waals surface area contributed by atoms with Gasteiger partial charge >= 0.3 is 6.01 Å². The van der Waals surface area contributed by atoms with E-state index >= 15 is 0 Å². The minimum atomic E-state index is 0.148. The zero-order chi connectivity index (χ0) is 27.5. The Bertz CT molecular complexity index is 1480. The lowest BCUT2D eigenvalue weighted by Crippen LogP contribution is -2.44. The van der Waals surface area contributed by atoms with Crippen LogP contribution < -0.4 is 29.7 Å². The maximum absolute atomic E-state index is 10.1. The van der Waals surface area contributed by atoms with Crippen LogP contribution in [0.1, 0.15) is 5.56 Å². The molecule has 3 heterocycles. The van der Waals surface area contributed by atoms with E-state index in [1.165, 1.54) is 0 Å². The highest BCUT2D eigenvalue weighted by Crippen LogP contribution is 2.36. The van der Waals surface area contributed by atoms with Crippen LogP contribution in [0.3, 0.4) is 0 Å². The van der Waals surface area contributed by atoms with Gasteiger partial charge in [-0.15, -0.1) is 5.10 Å². The van der Waals surface area contributed by atoms with Crippen LogP contribution in [-0.2, 0) is 6.54 Å². The number of hydrogen-bond donors (Lipinski definition) is 3. The van der Waals surface area contributed by atoms with Crippen molar-refractivity contribution in [3.05, 3.63) is 60.2 Å². The number of piperazine rings is 1. The van der Waals surface area contributed by atoms with Gasteiger partial charge in [-0.3, -0.25) is 0 Å². The molecule has 3 N–H and O–H groups in total. The molecule has 0 radical (unpaired) electrons. The van der Waals surface area contributed by atoms with Crippen molar-refractivity contribution >= 4 is 23.1 Å². The number of nitrogens with one attached hydrogen (secondary N) is 2. The summed E-state index contributed by atoms with van der Waals surface area (Å²) in [5.74, 6) is 2.50. The van der Waals surface area contributed by atoms with Crippen molar-refractivity contribution < 1.29 is 23.7 Å². The molecule has 3 aromatic carbocycles. The number of ether oxygens (including phenoxy) is 3. The first-order valence-electron chi connectivity index (χ1n) is 13.2. The summed E-state index contributed by atoms with van der Waals surface area (Å²) in [5, 5.41) is 25.3. The van der Waals surface area contributed by atoms with Crippen molar-refractivity contribution in [2.24, 2.45) is 0 Å². The predicted molar refractivity (Wildman–Crippen MR) is 152 cm³/mol. The van der Waals surface area contributed by atoms with Gasteiger partial charge in [0.25, 0.3) is 5.89 Å². The number of hydrogen-bond acceptors (Lipinski definition) is 11. The Kier molecular flexibility index (Phi) is 7.19. The van der Waals surface area contributed by atoms with E-state index in [1.54, 1.807) is 19.2 Å². The number of methoxy groups -OCH3 is 1. The quantitative estimate of drug-likeness (QED) is 0.294. The van der Waals surface area contributed by atoms with E-state index in [-0.39, 0.29) is 11.8 Å². The molecule has 4 aromatic rings. The molecule has 11 nitrogen and oxygen atoms in total. The van der Waals surface area contributed by atoms with Gasteiger partial charge in [0.1, 0.15) is 24.7 Å². The Balaban J connectivity index is 1.26. The van der Waals surface area contributed by atoms with Crippen LogP contribution >= 0.6 is 0 Å². The van der Waals surface area contributed by atoms with Crippen LogP contribution in [0.5, 0.6) is 23.0 Å². The second-order valence-corrected chi connectivity index (χ2v) is 9.81. The number of benzene rings is 3. The molecule has 40 heavy (non-hydrogen) atoms. The van der Waals surface area contributed by atoms with E-state index in [9.17, 15) is 5.11 Å². The summed E-state index contributed by atoms with van der Waals surface area (Å²) in [7, 11) is 3.72. The average molecular weight is 545 g/mol. The number of fused-ring (bicyclic) bond motifs is 1. The lowest BCUT2D eigenvalue weighted by Gasteiger charge is -2.34. The van der Waals surface area contributed by atoms with Gasteiger partial charge < -0.3 is 44.2 Å². The fourth-order valence-electron chi connectivity index (χ4n) is 4.81. The van der Waals surface area contributed by atoms with Crippen LogP contribution in [0.2, 0.25) is 0 Å². The molecule has 0 aliphatic carbocycles. The Morgan fingerprint density at radius 3 is 2.58 bits per heavy atom. The van der Waals surface area contributed by atoms with Crippen LogP contribution in [0.15, 0.2) is 59.0 Å². The van der Waals surface area contributed by atoms with Gasteiger partial charge in [-0.25, -0.2) is 0 Å². The van der Waals surface area contributed by atoms with E-state index in [0.29, 0.717) is 42.9 Å². The van der Waals surface area contributed by atoms with Crippen molar-refractivity contribution in [1.29, 1.82) is 0 Å². The normalized spacial score (nSPS) is 15.1. The molecule has 208 valence electrons. The highest BCUT2D eigenvalue weighted by Gasteiger charge is 2.19. The molecule has 2 aliphatic rings. The molecule has 0 saturated carbocycles. The maximum atomic E-state index is 10.1. The second-order valence-electron chi connectivity index (χ2n) is 9.81. The summed E-state index contributed by atoms with van der Waals surface area (Å²) in [6.07, 6.45) is 0. The van der Waals surface area contributed by atoms with E-state index in [4.69, 9.17) is 18.6 Å². The third-order valence-electron chi connectivity index (χ3n) is 6.99. The topological polar surface area (TPSA) is 117 Å². The third kappa shape index (κ3) is 5.69. The Morgan fingerprint density at radius 1 is 0.925 bits per heavy atom. The molecule has 1 aromatic heterocycles. The predicted octanol–water partition coefficient (Wildman–Crippen LogP) is 4.33. The number of anilines is 4. The van der Waals surface area contributed by atoms with E-state index < -0.39 is 0 Å². The second kappa shape index (κ2) is 11.2. The first kappa shape index (κ1) is 25.6. The minimum absolute atomic E-state index is 0.148. The lowest BCUT2D eigenvalue weighted by molar-refractivity contribution is 0.171. The van der Waals surface area contributed by atoms with Gasteiger partial charge in [-0.2, -0.15) is 0 Å².